The minimum absolute atomic E-state index is 0.0954. The van der Waals surface area contributed by atoms with Gasteiger partial charge >= 0.3 is 0 Å². The van der Waals surface area contributed by atoms with Crippen LogP contribution >= 0.6 is 35.0 Å². The number of nitrogens with zero attached hydrogens (tertiary/aromatic N) is 3. The van der Waals surface area contributed by atoms with Crippen LogP contribution in [-0.4, -0.2) is 33.1 Å². The van der Waals surface area contributed by atoms with Crippen molar-refractivity contribution in [1.29, 1.82) is 0 Å². The molecule has 1 aromatic heterocycles. The second kappa shape index (κ2) is 8.03. The molecule has 4 rings (SSSR count). The van der Waals surface area contributed by atoms with Gasteiger partial charge in [-0.05, 0) is 43.3 Å². The summed E-state index contributed by atoms with van der Waals surface area (Å²) in [5, 5.41) is 10.1. The van der Waals surface area contributed by atoms with Crippen molar-refractivity contribution in [2.75, 3.05) is 12.5 Å². The number of benzene rings is 2. The van der Waals surface area contributed by atoms with Crippen LogP contribution in [0, 0.1) is 0 Å². The highest BCUT2D eigenvalue weighted by Gasteiger charge is 2.19. The first-order valence-corrected chi connectivity index (χ1v) is 10.2. The number of fused-ring (bicyclic) bond motifs is 1. The molecule has 144 valence electrons. The number of carbonyl (C=O) groups excluding carboxylic acids is 1. The lowest BCUT2D eigenvalue weighted by Crippen LogP contribution is -2.06. The fourth-order valence-corrected chi connectivity index (χ4v) is 4.25. The standard InChI is InChI=1S/C19H15Cl2N3O3S/c1-2-24-18(11-3-6-16-17(7-11)27-10-26-16)22-23-19(24)28-9-15(25)13-5-4-12(20)8-14(13)21/h3-8H,2,9-10H2,1H3. The number of ether oxygens (including phenoxy) is 2. The summed E-state index contributed by atoms with van der Waals surface area (Å²) in [6.07, 6.45) is 0. The molecule has 0 spiro atoms. The Balaban J connectivity index is 1.54. The SMILES string of the molecule is CCn1c(SCC(=O)c2ccc(Cl)cc2Cl)nnc1-c1ccc2c(c1)OCO2. The van der Waals surface area contributed by atoms with Gasteiger partial charge in [0.25, 0.3) is 0 Å². The van der Waals surface area contributed by atoms with E-state index in [9.17, 15) is 4.79 Å². The van der Waals surface area contributed by atoms with E-state index < -0.39 is 0 Å². The van der Waals surface area contributed by atoms with Gasteiger partial charge in [-0.2, -0.15) is 0 Å². The second-order valence-electron chi connectivity index (χ2n) is 5.95. The number of thioether (sulfide) groups is 1. The highest BCUT2D eigenvalue weighted by Crippen LogP contribution is 2.36. The maximum atomic E-state index is 12.5. The second-order valence-corrected chi connectivity index (χ2v) is 7.74. The Morgan fingerprint density at radius 2 is 1.96 bits per heavy atom. The molecule has 0 aliphatic carbocycles. The minimum Gasteiger partial charge on any atom is -0.454 e. The van der Waals surface area contributed by atoms with Crippen LogP contribution in [-0.2, 0) is 6.54 Å². The van der Waals surface area contributed by atoms with Crippen molar-refractivity contribution in [1.82, 2.24) is 14.8 Å². The molecule has 0 bridgehead atoms. The van der Waals surface area contributed by atoms with Crippen molar-refractivity contribution in [3.8, 4) is 22.9 Å². The number of Topliss-reactive ketones (excluding diaryl/α,β-unsaturated/α-hetero) is 1. The molecule has 0 amide bonds. The van der Waals surface area contributed by atoms with Crippen molar-refractivity contribution in [3.05, 3.63) is 52.0 Å². The molecule has 2 heterocycles. The molecule has 1 aliphatic heterocycles. The summed E-state index contributed by atoms with van der Waals surface area (Å²) in [5.41, 5.74) is 1.31. The lowest BCUT2D eigenvalue weighted by Gasteiger charge is -2.08. The van der Waals surface area contributed by atoms with Gasteiger partial charge in [0.05, 0.1) is 10.8 Å². The maximum Gasteiger partial charge on any atom is 0.231 e. The molecule has 1 aliphatic rings. The third kappa shape index (κ3) is 3.70. The highest BCUT2D eigenvalue weighted by molar-refractivity contribution is 7.99. The van der Waals surface area contributed by atoms with E-state index in [2.05, 4.69) is 10.2 Å². The first kappa shape index (κ1) is 19.1. The third-order valence-electron chi connectivity index (χ3n) is 4.23. The van der Waals surface area contributed by atoms with E-state index in [0.29, 0.717) is 44.6 Å². The summed E-state index contributed by atoms with van der Waals surface area (Å²) < 4.78 is 12.7. The van der Waals surface area contributed by atoms with Gasteiger partial charge in [-0.1, -0.05) is 35.0 Å². The monoisotopic (exact) mass is 435 g/mol. The van der Waals surface area contributed by atoms with Crippen LogP contribution in [0.25, 0.3) is 11.4 Å². The molecule has 9 heteroatoms. The third-order valence-corrected chi connectivity index (χ3v) is 5.74. The van der Waals surface area contributed by atoms with Crippen LogP contribution in [0.1, 0.15) is 17.3 Å². The molecule has 0 radical (unpaired) electrons. The zero-order valence-electron chi connectivity index (χ0n) is 14.8. The topological polar surface area (TPSA) is 66.2 Å². The van der Waals surface area contributed by atoms with Gasteiger partial charge in [0.1, 0.15) is 0 Å². The zero-order chi connectivity index (χ0) is 19.7. The molecule has 2 aromatic carbocycles. The van der Waals surface area contributed by atoms with Gasteiger partial charge in [0.2, 0.25) is 6.79 Å². The van der Waals surface area contributed by atoms with Crippen LogP contribution in [0.4, 0.5) is 0 Å². The fraction of sp³-hybridized carbons (Fsp3) is 0.211. The Hall–Kier alpha value is -2.22. The minimum atomic E-state index is -0.0954. The molecule has 0 N–H and O–H groups in total. The largest absolute Gasteiger partial charge is 0.454 e. The normalized spacial score (nSPS) is 12.4. The van der Waals surface area contributed by atoms with E-state index in [1.807, 2.05) is 29.7 Å². The number of halogens is 2. The predicted octanol–water partition coefficient (Wildman–Crippen LogP) is 4.98. The maximum absolute atomic E-state index is 12.5. The van der Waals surface area contributed by atoms with Crippen molar-refractivity contribution in [2.24, 2.45) is 0 Å². The molecule has 0 atom stereocenters. The van der Waals surface area contributed by atoms with Gasteiger partial charge in [-0.15, -0.1) is 10.2 Å². The number of aromatic nitrogens is 3. The zero-order valence-corrected chi connectivity index (χ0v) is 17.1. The summed E-state index contributed by atoms with van der Waals surface area (Å²) in [7, 11) is 0. The average molecular weight is 436 g/mol. The van der Waals surface area contributed by atoms with Crippen molar-refractivity contribution < 1.29 is 14.3 Å². The molecule has 0 saturated heterocycles. The molecule has 0 fully saturated rings. The Morgan fingerprint density at radius 3 is 2.75 bits per heavy atom. The molecule has 6 nitrogen and oxygen atoms in total. The Bertz CT molecular complexity index is 1050. The van der Waals surface area contributed by atoms with E-state index in [4.69, 9.17) is 32.7 Å². The molecule has 28 heavy (non-hydrogen) atoms. The van der Waals surface area contributed by atoms with Crippen LogP contribution in [0.2, 0.25) is 10.0 Å². The molecule has 0 saturated carbocycles. The lowest BCUT2D eigenvalue weighted by atomic mass is 10.1. The Morgan fingerprint density at radius 1 is 1.14 bits per heavy atom. The first-order chi connectivity index (χ1) is 13.6. The van der Waals surface area contributed by atoms with Crippen molar-refractivity contribution >= 4 is 40.7 Å². The molecule has 0 unspecified atom stereocenters. The van der Waals surface area contributed by atoms with Crippen LogP contribution in [0.5, 0.6) is 11.5 Å². The van der Waals surface area contributed by atoms with E-state index in [1.165, 1.54) is 11.8 Å². The van der Waals surface area contributed by atoms with E-state index in [1.54, 1.807) is 18.2 Å². The van der Waals surface area contributed by atoms with E-state index in [0.717, 1.165) is 5.56 Å². The number of ketones is 1. The van der Waals surface area contributed by atoms with Gasteiger partial charge in [-0.25, -0.2) is 0 Å². The summed E-state index contributed by atoms with van der Waals surface area (Å²) in [6.45, 7) is 2.88. The predicted molar refractivity (Wildman–Crippen MR) is 109 cm³/mol. The van der Waals surface area contributed by atoms with E-state index in [-0.39, 0.29) is 18.3 Å². The van der Waals surface area contributed by atoms with E-state index >= 15 is 0 Å². The quantitative estimate of drug-likeness (QED) is 0.401. The molecule has 3 aromatic rings. The average Bonchev–Trinajstić information content (AvgIpc) is 3.31. The smallest absolute Gasteiger partial charge is 0.231 e. The summed E-state index contributed by atoms with van der Waals surface area (Å²) in [5.74, 6) is 2.21. The molecular weight excluding hydrogens is 421 g/mol. The lowest BCUT2D eigenvalue weighted by molar-refractivity contribution is 0.102. The van der Waals surface area contributed by atoms with Gasteiger partial charge in [0, 0.05) is 22.7 Å². The number of rotatable bonds is 6. The number of hydrogen-bond acceptors (Lipinski definition) is 6. The molecular formula is C19H15Cl2N3O3S. The van der Waals surface area contributed by atoms with Gasteiger partial charge in [0.15, 0.2) is 28.3 Å². The number of carbonyl (C=O) groups is 1. The number of hydrogen-bond donors (Lipinski definition) is 0. The van der Waals surface area contributed by atoms with Gasteiger partial charge in [-0.3, -0.25) is 4.79 Å². The fourth-order valence-electron chi connectivity index (χ4n) is 2.85. The summed E-state index contributed by atoms with van der Waals surface area (Å²) >= 11 is 13.3. The summed E-state index contributed by atoms with van der Waals surface area (Å²) in [4.78, 5) is 12.5. The van der Waals surface area contributed by atoms with Crippen LogP contribution < -0.4 is 9.47 Å². The van der Waals surface area contributed by atoms with Crippen molar-refractivity contribution in [2.45, 2.75) is 18.6 Å². The van der Waals surface area contributed by atoms with Crippen LogP contribution in [0.15, 0.2) is 41.6 Å². The Labute approximate surface area is 175 Å². The first-order valence-electron chi connectivity index (χ1n) is 8.51. The van der Waals surface area contributed by atoms with Crippen LogP contribution in [0.3, 0.4) is 0 Å². The summed E-state index contributed by atoms with van der Waals surface area (Å²) in [6, 6.07) is 10.5. The van der Waals surface area contributed by atoms with Crippen molar-refractivity contribution in [3.63, 3.8) is 0 Å². The Kier molecular flexibility index (Phi) is 5.48. The highest BCUT2D eigenvalue weighted by atomic mass is 35.5. The van der Waals surface area contributed by atoms with Gasteiger partial charge < -0.3 is 14.0 Å².